The van der Waals surface area contributed by atoms with E-state index in [0.717, 1.165) is 24.0 Å². The molecule has 1 aliphatic rings. The summed E-state index contributed by atoms with van der Waals surface area (Å²) in [7, 11) is 3.14. The highest BCUT2D eigenvalue weighted by Gasteiger charge is 2.45. The van der Waals surface area contributed by atoms with Gasteiger partial charge in [-0.1, -0.05) is 18.2 Å². The number of benzene rings is 2. The van der Waals surface area contributed by atoms with Crippen LogP contribution in [0.5, 0.6) is 11.5 Å². The Morgan fingerprint density at radius 3 is 2.33 bits per heavy atom. The van der Waals surface area contributed by atoms with Gasteiger partial charge in [0.25, 0.3) is 0 Å². The van der Waals surface area contributed by atoms with E-state index in [9.17, 15) is 9.18 Å². The van der Waals surface area contributed by atoms with Gasteiger partial charge in [-0.05, 0) is 48.2 Å². The predicted octanol–water partition coefficient (Wildman–Crippen LogP) is 3.19. The minimum Gasteiger partial charge on any atom is -0.493 e. The average Bonchev–Trinajstić information content (AvgIpc) is 3.35. The third kappa shape index (κ3) is 3.35. The second-order valence-corrected chi connectivity index (χ2v) is 6.00. The minimum atomic E-state index is -0.346. The zero-order valence-corrected chi connectivity index (χ0v) is 13.8. The molecule has 1 saturated carbocycles. The number of carbonyl (C=O) groups excluding carboxylic acids is 1. The van der Waals surface area contributed by atoms with Crippen molar-refractivity contribution in [2.75, 3.05) is 14.2 Å². The van der Waals surface area contributed by atoms with E-state index in [0.29, 0.717) is 11.5 Å². The number of amides is 1. The highest BCUT2D eigenvalue weighted by atomic mass is 19.1. The molecule has 5 heteroatoms. The summed E-state index contributed by atoms with van der Waals surface area (Å²) in [4.78, 5) is 12.4. The van der Waals surface area contributed by atoms with Crippen molar-refractivity contribution in [3.05, 3.63) is 59.4 Å². The first-order valence-electron chi connectivity index (χ1n) is 7.84. The molecule has 0 atom stereocenters. The van der Waals surface area contributed by atoms with Gasteiger partial charge in [0, 0.05) is 0 Å². The van der Waals surface area contributed by atoms with Crippen LogP contribution in [0.25, 0.3) is 0 Å². The monoisotopic (exact) mass is 329 g/mol. The van der Waals surface area contributed by atoms with Gasteiger partial charge in [-0.3, -0.25) is 4.79 Å². The van der Waals surface area contributed by atoms with E-state index >= 15 is 0 Å². The van der Waals surface area contributed by atoms with E-state index in [1.807, 2.05) is 6.07 Å². The van der Waals surface area contributed by atoms with Gasteiger partial charge in [0.05, 0.1) is 26.2 Å². The molecular formula is C19H20FNO3. The van der Waals surface area contributed by atoms with Gasteiger partial charge >= 0.3 is 0 Å². The van der Waals surface area contributed by atoms with Gasteiger partial charge in [0.15, 0.2) is 11.5 Å². The van der Waals surface area contributed by atoms with Gasteiger partial charge in [0.2, 0.25) is 5.91 Å². The zero-order valence-electron chi connectivity index (χ0n) is 13.8. The largest absolute Gasteiger partial charge is 0.493 e. The van der Waals surface area contributed by atoms with Gasteiger partial charge < -0.3 is 14.8 Å². The molecule has 0 unspecified atom stereocenters. The molecule has 1 fully saturated rings. The lowest BCUT2D eigenvalue weighted by molar-refractivity contribution is -0.121. The first-order chi connectivity index (χ1) is 11.6. The molecule has 0 aliphatic heterocycles. The summed E-state index contributed by atoms with van der Waals surface area (Å²) in [5, 5.41) is 3.08. The van der Waals surface area contributed by atoms with Gasteiger partial charge in [-0.25, -0.2) is 4.39 Å². The van der Waals surface area contributed by atoms with E-state index in [4.69, 9.17) is 9.47 Å². The summed E-state index contributed by atoms with van der Waals surface area (Å²) in [5.74, 6) is 0.893. The SMILES string of the molecule is COc1ccc(CC(=O)NC2(c3ccc(F)cc3)CC2)cc1OC. The van der Waals surface area contributed by atoms with Crippen LogP contribution in [0.3, 0.4) is 0 Å². The molecule has 1 N–H and O–H groups in total. The van der Waals surface area contributed by atoms with Crippen molar-refractivity contribution in [1.29, 1.82) is 0 Å². The lowest BCUT2D eigenvalue weighted by Crippen LogP contribution is -2.35. The van der Waals surface area contributed by atoms with Gasteiger partial charge in [-0.2, -0.15) is 0 Å². The summed E-state index contributed by atoms with van der Waals surface area (Å²) in [5.41, 5.74) is 1.45. The fourth-order valence-electron chi connectivity index (χ4n) is 2.87. The van der Waals surface area contributed by atoms with E-state index in [1.54, 1.807) is 38.5 Å². The van der Waals surface area contributed by atoms with Crippen LogP contribution in [0.4, 0.5) is 4.39 Å². The first kappa shape index (κ1) is 16.3. The lowest BCUT2D eigenvalue weighted by atomic mass is 10.0. The fourth-order valence-corrected chi connectivity index (χ4v) is 2.87. The van der Waals surface area contributed by atoms with Crippen molar-refractivity contribution < 1.29 is 18.7 Å². The van der Waals surface area contributed by atoms with Crippen molar-refractivity contribution in [2.24, 2.45) is 0 Å². The van der Waals surface area contributed by atoms with Crippen LogP contribution in [-0.4, -0.2) is 20.1 Å². The quantitative estimate of drug-likeness (QED) is 0.885. The fraction of sp³-hybridized carbons (Fsp3) is 0.316. The molecule has 1 aliphatic carbocycles. The smallest absolute Gasteiger partial charge is 0.225 e. The van der Waals surface area contributed by atoms with Crippen molar-refractivity contribution >= 4 is 5.91 Å². The Morgan fingerprint density at radius 2 is 1.75 bits per heavy atom. The van der Waals surface area contributed by atoms with E-state index in [-0.39, 0.29) is 23.7 Å². The summed E-state index contributed by atoms with van der Waals surface area (Å²) in [6, 6.07) is 11.8. The highest BCUT2D eigenvalue weighted by molar-refractivity contribution is 5.80. The molecule has 0 heterocycles. The van der Waals surface area contributed by atoms with Gasteiger partial charge in [0.1, 0.15) is 5.82 Å². The van der Waals surface area contributed by atoms with Crippen molar-refractivity contribution in [3.8, 4) is 11.5 Å². The van der Waals surface area contributed by atoms with Crippen LogP contribution in [0.1, 0.15) is 24.0 Å². The Kier molecular flexibility index (Phi) is 4.42. The molecule has 0 radical (unpaired) electrons. The summed E-state index contributed by atoms with van der Waals surface area (Å²) in [6.45, 7) is 0. The average molecular weight is 329 g/mol. The standard InChI is InChI=1S/C19H20FNO3/c1-23-16-8-3-13(11-17(16)24-2)12-18(22)21-19(9-10-19)14-4-6-15(20)7-5-14/h3-8,11H,9-10,12H2,1-2H3,(H,21,22). The number of ether oxygens (including phenoxy) is 2. The molecule has 3 rings (SSSR count). The zero-order chi connectivity index (χ0) is 17.2. The molecule has 24 heavy (non-hydrogen) atoms. The number of nitrogens with one attached hydrogen (secondary N) is 1. The second kappa shape index (κ2) is 6.51. The van der Waals surface area contributed by atoms with Crippen LogP contribution in [-0.2, 0) is 16.8 Å². The summed E-state index contributed by atoms with van der Waals surface area (Å²) >= 11 is 0. The maximum atomic E-state index is 13.1. The number of hydrogen-bond acceptors (Lipinski definition) is 3. The summed E-state index contributed by atoms with van der Waals surface area (Å²) in [6.07, 6.45) is 2.00. The van der Waals surface area contributed by atoms with E-state index < -0.39 is 0 Å². The minimum absolute atomic E-state index is 0.0657. The molecule has 126 valence electrons. The van der Waals surface area contributed by atoms with Gasteiger partial charge in [-0.15, -0.1) is 0 Å². The van der Waals surface area contributed by atoms with Crippen LogP contribution in [0.15, 0.2) is 42.5 Å². The number of hydrogen-bond donors (Lipinski definition) is 1. The Morgan fingerprint density at radius 1 is 1.08 bits per heavy atom. The van der Waals surface area contributed by atoms with E-state index in [1.165, 1.54) is 12.1 Å². The molecular weight excluding hydrogens is 309 g/mol. The molecule has 2 aromatic carbocycles. The first-order valence-corrected chi connectivity index (χ1v) is 7.84. The maximum absolute atomic E-state index is 13.1. The Hall–Kier alpha value is -2.56. The maximum Gasteiger partial charge on any atom is 0.225 e. The number of halogens is 1. The van der Waals surface area contributed by atoms with Crippen molar-refractivity contribution in [1.82, 2.24) is 5.32 Å². The van der Waals surface area contributed by atoms with Crippen molar-refractivity contribution in [2.45, 2.75) is 24.8 Å². The molecule has 0 spiro atoms. The lowest BCUT2D eigenvalue weighted by Gasteiger charge is -2.18. The molecule has 0 aromatic heterocycles. The number of carbonyl (C=O) groups is 1. The molecule has 4 nitrogen and oxygen atoms in total. The Bertz CT molecular complexity index is 739. The number of rotatable bonds is 6. The van der Waals surface area contributed by atoms with Crippen LogP contribution in [0, 0.1) is 5.82 Å². The third-order valence-corrected chi connectivity index (χ3v) is 4.34. The molecule has 0 saturated heterocycles. The topological polar surface area (TPSA) is 47.6 Å². The third-order valence-electron chi connectivity index (χ3n) is 4.34. The molecule has 1 amide bonds. The van der Waals surface area contributed by atoms with Crippen LogP contribution in [0.2, 0.25) is 0 Å². The second-order valence-electron chi connectivity index (χ2n) is 6.00. The molecule has 0 bridgehead atoms. The van der Waals surface area contributed by atoms with Crippen LogP contribution >= 0.6 is 0 Å². The van der Waals surface area contributed by atoms with E-state index in [2.05, 4.69) is 5.32 Å². The predicted molar refractivity (Wildman–Crippen MR) is 88.7 cm³/mol. The number of methoxy groups -OCH3 is 2. The normalized spacial score (nSPS) is 14.8. The Balaban J connectivity index is 1.69. The Labute approximate surface area is 140 Å². The van der Waals surface area contributed by atoms with Crippen LogP contribution < -0.4 is 14.8 Å². The summed E-state index contributed by atoms with van der Waals surface area (Å²) < 4.78 is 23.5. The van der Waals surface area contributed by atoms with Crippen molar-refractivity contribution in [3.63, 3.8) is 0 Å². The highest BCUT2D eigenvalue weighted by Crippen LogP contribution is 2.45. The molecule has 2 aromatic rings.